The van der Waals surface area contributed by atoms with Crippen molar-refractivity contribution in [1.82, 2.24) is 0 Å². The Labute approximate surface area is 137 Å². The van der Waals surface area contributed by atoms with Gasteiger partial charge in [0.05, 0.1) is 4.90 Å². The molecule has 2 N–H and O–H groups in total. The number of aryl methyl sites for hydroxylation is 3. The summed E-state index contributed by atoms with van der Waals surface area (Å²) in [6, 6.07) is 3.11. The molecule has 23 heavy (non-hydrogen) atoms. The zero-order chi connectivity index (χ0) is 17.7. The molecule has 0 bridgehead atoms. The summed E-state index contributed by atoms with van der Waals surface area (Å²) in [5, 5.41) is 20.4. The maximum absolute atomic E-state index is 13.2. The van der Waals surface area contributed by atoms with Gasteiger partial charge in [0.2, 0.25) is 9.84 Å². The lowest BCUT2D eigenvalue weighted by Crippen LogP contribution is -2.10. The summed E-state index contributed by atoms with van der Waals surface area (Å²) in [6.07, 6.45) is 0. The van der Waals surface area contributed by atoms with Gasteiger partial charge >= 0.3 is 0 Å². The number of rotatable bonds is 2. The summed E-state index contributed by atoms with van der Waals surface area (Å²) < 4.78 is 26.3. The molecule has 0 aromatic heterocycles. The molecule has 0 amide bonds. The molecule has 0 radical (unpaired) electrons. The second-order valence-electron chi connectivity index (χ2n) is 6.11. The van der Waals surface area contributed by atoms with E-state index < -0.39 is 9.84 Å². The van der Waals surface area contributed by atoms with Gasteiger partial charge in [0.15, 0.2) is 0 Å². The molecule has 0 saturated heterocycles. The van der Waals surface area contributed by atoms with Crippen LogP contribution in [0.2, 0.25) is 0 Å². The van der Waals surface area contributed by atoms with Gasteiger partial charge in [-0.25, -0.2) is 8.42 Å². The van der Waals surface area contributed by atoms with E-state index in [0.717, 1.165) is 11.1 Å². The van der Waals surface area contributed by atoms with Gasteiger partial charge in [-0.15, -0.1) is 0 Å². The maximum Gasteiger partial charge on any atom is 0.211 e. The van der Waals surface area contributed by atoms with Crippen molar-refractivity contribution < 1.29 is 18.6 Å². The third-order valence-corrected chi connectivity index (χ3v) is 6.70. The molecule has 0 aliphatic rings. The van der Waals surface area contributed by atoms with Crippen LogP contribution in [0.25, 0.3) is 0 Å². The van der Waals surface area contributed by atoms with E-state index in [9.17, 15) is 18.6 Å². The van der Waals surface area contributed by atoms with Gasteiger partial charge in [0.1, 0.15) is 16.4 Å². The second-order valence-corrected chi connectivity index (χ2v) is 7.93. The molecule has 0 aliphatic carbocycles. The van der Waals surface area contributed by atoms with Crippen molar-refractivity contribution in [2.45, 2.75) is 51.3 Å². The first kappa shape index (κ1) is 17.3. The molecule has 124 valence electrons. The van der Waals surface area contributed by atoms with Crippen molar-refractivity contribution in [3.05, 3.63) is 45.5 Å². The number of aromatic hydroxyl groups is 2. The zero-order valence-electron chi connectivity index (χ0n) is 14.3. The Kier molecular flexibility index (Phi) is 4.20. The number of sulfone groups is 1. The molecule has 0 aliphatic heterocycles. The van der Waals surface area contributed by atoms with Crippen LogP contribution >= 0.6 is 0 Å². The maximum atomic E-state index is 13.2. The van der Waals surface area contributed by atoms with Crippen molar-refractivity contribution >= 4 is 9.84 Å². The highest BCUT2D eigenvalue weighted by Gasteiger charge is 2.30. The van der Waals surface area contributed by atoms with Crippen LogP contribution in [0, 0.1) is 41.5 Å². The molecule has 2 rings (SSSR count). The fourth-order valence-corrected chi connectivity index (χ4v) is 5.13. The summed E-state index contributed by atoms with van der Waals surface area (Å²) in [5.74, 6) is -0.292. The zero-order valence-corrected chi connectivity index (χ0v) is 15.1. The molecule has 2 aromatic carbocycles. The lowest BCUT2D eigenvalue weighted by Gasteiger charge is -2.18. The number of phenolic OH excluding ortho intramolecular Hbond substituents is 2. The Morgan fingerprint density at radius 3 is 1.83 bits per heavy atom. The Balaban J connectivity index is 2.91. The minimum Gasteiger partial charge on any atom is -0.507 e. The van der Waals surface area contributed by atoms with Crippen molar-refractivity contribution in [2.75, 3.05) is 0 Å². The van der Waals surface area contributed by atoms with Gasteiger partial charge in [-0.05, 0) is 75.4 Å². The molecule has 2 aromatic rings. The molecular formula is C18H22O4S. The van der Waals surface area contributed by atoms with Crippen LogP contribution < -0.4 is 0 Å². The molecule has 0 atom stereocenters. The average Bonchev–Trinajstić information content (AvgIpc) is 2.41. The Hall–Kier alpha value is -2.01. The monoisotopic (exact) mass is 334 g/mol. The smallest absolute Gasteiger partial charge is 0.211 e. The van der Waals surface area contributed by atoms with E-state index in [1.165, 1.54) is 6.07 Å². The quantitative estimate of drug-likeness (QED) is 0.876. The molecule has 4 nitrogen and oxygen atoms in total. The highest BCUT2D eigenvalue weighted by Crippen LogP contribution is 2.39. The lowest BCUT2D eigenvalue weighted by atomic mass is 10.0. The van der Waals surface area contributed by atoms with Crippen LogP contribution in [0.4, 0.5) is 0 Å². The first-order valence-corrected chi connectivity index (χ1v) is 8.83. The number of hydrogen-bond acceptors (Lipinski definition) is 4. The number of hydrogen-bond donors (Lipinski definition) is 2. The lowest BCUT2D eigenvalue weighted by molar-refractivity contribution is 0.455. The van der Waals surface area contributed by atoms with Gasteiger partial charge < -0.3 is 10.2 Å². The van der Waals surface area contributed by atoms with Crippen LogP contribution in [-0.2, 0) is 9.84 Å². The van der Waals surface area contributed by atoms with E-state index in [1.807, 2.05) is 13.8 Å². The minimum absolute atomic E-state index is 0.0323. The molecule has 5 heteroatoms. The standard InChI is InChI=1S/C18H22O4S/c1-9-8-15(19)18(13(5)12(9)4)23(21,22)17-11(3)7-10(2)16(20)14(17)6/h7-8,19-20H,1-6H3. The largest absolute Gasteiger partial charge is 0.507 e. The van der Waals surface area contributed by atoms with E-state index >= 15 is 0 Å². The summed E-state index contributed by atoms with van der Waals surface area (Å²) >= 11 is 0. The van der Waals surface area contributed by atoms with Crippen molar-refractivity contribution in [3.8, 4) is 11.5 Å². The Morgan fingerprint density at radius 2 is 1.26 bits per heavy atom. The normalized spacial score (nSPS) is 11.7. The fourth-order valence-electron chi connectivity index (χ4n) is 3.05. The summed E-state index contributed by atoms with van der Waals surface area (Å²) in [4.78, 5) is -0.0303. The summed E-state index contributed by atoms with van der Waals surface area (Å²) in [7, 11) is -3.95. The van der Waals surface area contributed by atoms with Gasteiger partial charge in [0.25, 0.3) is 0 Å². The fraction of sp³-hybridized carbons (Fsp3) is 0.333. The minimum atomic E-state index is -3.95. The molecule has 0 saturated carbocycles. The molecule has 0 heterocycles. The van der Waals surface area contributed by atoms with E-state index in [4.69, 9.17) is 0 Å². The van der Waals surface area contributed by atoms with Crippen LogP contribution in [-0.4, -0.2) is 18.6 Å². The molecular weight excluding hydrogens is 312 g/mol. The van der Waals surface area contributed by atoms with Crippen LogP contribution in [0.3, 0.4) is 0 Å². The Bertz CT molecular complexity index is 840. The highest BCUT2D eigenvalue weighted by molar-refractivity contribution is 7.91. The number of benzene rings is 2. The predicted molar refractivity (Wildman–Crippen MR) is 90.1 cm³/mol. The third kappa shape index (κ3) is 2.59. The topological polar surface area (TPSA) is 74.6 Å². The highest BCUT2D eigenvalue weighted by atomic mass is 32.2. The van der Waals surface area contributed by atoms with E-state index in [2.05, 4.69) is 0 Å². The molecule has 0 fully saturated rings. The van der Waals surface area contributed by atoms with Crippen molar-refractivity contribution in [2.24, 2.45) is 0 Å². The second kappa shape index (κ2) is 5.57. The first-order chi connectivity index (χ1) is 10.5. The van der Waals surface area contributed by atoms with Crippen LogP contribution in [0.15, 0.2) is 21.9 Å². The van der Waals surface area contributed by atoms with E-state index in [0.29, 0.717) is 22.3 Å². The number of phenols is 2. The predicted octanol–water partition coefficient (Wildman–Crippen LogP) is 3.78. The first-order valence-electron chi connectivity index (χ1n) is 7.34. The van der Waals surface area contributed by atoms with Crippen LogP contribution in [0.5, 0.6) is 11.5 Å². The van der Waals surface area contributed by atoms with Gasteiger partial charge in [-0.2, -0.15) is 0 Å². The van der Waals surface area contributed by atoms with Gasteiger partial charge in [-0.1, -0.05) is 6.07 Å². The van der Waals surface area contributed by atoms with E-state index in [1.54, 1.807) is 33.8 Å². The van der Waals surface area contributed by atoms with Gasteiger partial charge in [0, 0.05) is 5.56 Å². The molecule has 0 spiro atoms. The SMILES string of the molecule is Cc1cc(O)c(S(=O)(=O)c2c(C)cc(C)c(O)c2C)c(C)c1C. The summed E-state index contributed by atoms with van der Waals surface area (Å²) in [5.41, 5.74) is 3.67. The average molecular weight is 334 g/mol. The third-order valence-electron chi connectivity index (χ3n) is 4.48. The van der Waals surface area contributed by atoms with Crippen molar-refractivity contribution in [1.29, 1.82) is 0 Å². The van der Waals surface area contributed by atoms with Crippen molar-refractivity contribution in [3.63, 3.8) is 0 Å². The van der Waals surface area contributed by atoms with E-state index in [-0.39, 0.29) is 21.3 Å². The Morgan fingerprint density at radius 1 is 0.696 bits per heavy atom. The van der Waals surface area contributed by atoms with Gasteiger partial charge in [-0.3, -0.25) is 0 Å². The summed E-state index contributed by atoms with van der Waals surface area (Å²) in [6.45, 7) is 10.3. The molecule has 0 unspecified atom stereocenters. The van der Waals surface area contributed by atoms with Crippen LogP contribution in [0.1, 0.15) is 33.4 Å².